The molecular formula is C15H31N3O2. The highest BCUT2D eigenvalue weighted by atomic mass is 16.2. The number of nitrogens with one attached hydrogen (secondary N) is 1. The lowest BCUT2D eigenvalue weighted by atomic mass is 10.1. The number of carbonyl (C=O) groups excluding carboxylic acids is 2. The molecule has 0 bridgehead atoms. The van der Waals surface area contributed by atoms with Crippen LogP contribution in [-0.4, -0.2) is 55.0 Å². The standard InChI is InChI=1S/C15H31N3O2/c1-12(2)10-15(20)18(6)11-17(5)14(19)8-7-9-16-13(3)4/h12-13,16H,7-11H2,1-6H3. The maximum absolute atomic E-state index is 11.9. The molecule has 0 aliphatic heterocycles. The molecule has 0 spiro atoms. The molecule has 1 N–H and O–H groups in total. The smallest absolute Gasteiger partial charge is 0.223 e. The Bertz CT molecular complexity index is 303. The van der Waals surface area contributed by atoms with Crippen molar-refractivity contribution >= 4 is 11.8 Å². The number of amides is 2. The van der Waals surface area contributed by atoms with Crippen molar-refractivity contribution in [3.8, 4) is 0 Å². The van der Waals surface area contributed by atoms with E-state index in [9.17, 15) is 9.59 Å². The molecule has 118 valence electrons. The fraction of sp³-hybridized carbons (Fsp3) is 0.867. The highest BCUT2D eigenvalue weighted by molar-refractivity contribution is 5.78. The van der Waals surface area contributed by atoms with Crippen LogP contribution in [0.2, 0.25) is 0 Å². The summed E-state index contributed by atoms with van der Waals surface area (Å²) in [6.07, 6.45) is 1.87. The molecule has 0 atom stereocenters. The maximum Gasteiger partial charge on any atom is 0.223 e. The van der Waals surface area contributed by atoms with E-state index in [1.807, 2.05) is 13.8 Å². The van der Waals surface area contributed by atoms with Gasteiger partial charge in [0.05, 0.1) is 6.67 Å². The Kier molecular flexibility index (Phi) is 9.21. The highest BCUT2D eigenvalue weighted by Crippen LogP contribution is 2.04. The second-order valence-electron chi connectivity index (χ2n) is 6.14. The van der Waals surface area contributed by atoms with Crippen molar-refractivity contribution in [3.63, 3.8) is 0 Å². The summed E-state index contributed by atoms with van der Waals surface area (Å²) < 4.78 is 0. The van der Waals surface area contributed by atoms with Gasteiger partial charge in [0.15, 0.2) is 0 Å². The van der Waals surface area contributed by atoms with Gasteiger partial charge in [-0.2, -0.15) is 0 Å². The van der Waals surface area contributed by atoms with Gasteiger partial charge in [-0.15, -0.1) is 0 Å². The first-order valence-corrected chi connectivity index (χ1v) is 7.45. The zero-order chi connectivity index (χ0) is 15.7. The topological polar surface area (TPSA) is 52.7 Å². The van der Waals surface area contributed by atoms with Crippen LogP contribution in [0.4, 0.5) is 0 Å². The van der Waals surface area contributed by atoms with Gasteiger partial charge in [-0.25, -0.2) is 0 Å². The van der Waals surface area contributed by atoms with Crippen LogP contribution < -0.4 is 5.32 Å². The summed E-state index contributed by atoms with van der Waals surface area (Å²) in [7, 11) is 3.49. The Hall–Kier alpha value is -1.10. The highest BCUT2D eigenvalue weighted by Gasteiger charge is 2.15. The zero-order valence-electron chi connectivity index (χ0n) is 13.9. The Morgan fingerprint density at radius 1 is 1.00 bits per heavy atom. The summed E-state index contributed by atoms with van der Waals surface area (Å²) in [4.78, 5) is 27.0. The Morgan fingerprint density at radius 3 is 2.05 bits per heavy atom. The van der Waals surface area contributed by atoms with Gasteiger partial charge in [0.1, 0.15) is 0 Å². The number of nitrogens with zero attached hydrogens (tertiary/aromatic N) is 2. The van der Waals surface area contributed by atoms with E-state index in [1.165, 1.54) is 0 Å². The molecule has 0 aromatic heterocycles. The summed E-state index contributed by atoms with van der Waals surface area (Å²) in [5.74, 6) is 0.508. The zero-order valence-corrected chi connectivity index (χ0v) is 13.9. The summed E-state index contributed by atoms with van der Waals surface area (Å²) >= 11 is 0. The minimum absolute atomic E-state index is 0.0831. The molecule has 2 amide bonds. The van der Waals surface area contributed by atoms with Crippen LogP contribution in [0.1, 0.15) is 47.0 Å². The third kappa shape index (κ3) is 8.91. The quantitative estimate of drug-likeness (QED) is 0.518. The lowest BCUT2D eigenvalue weighted by Gasteiger charge is -2.25. The molecule has 0 aromatic rings. The molecule has 0 aliphatic carbocycles. The predicted molar refractivity (Wildman–Crippen MR) is 82.2 cm³/mol. The van der Waals surface area contributed by atoms with Crippen LogP contribution in [0.15, 0.2) is 0 Å². The van der Waals surface area contributed by atoms with E-state index in [4.69, 9.17) is 0 Å². The first-order valence-electron chi connectivity index (χ1n) is 7.45. The van der Waals surface area contributed by atoms with Crippen LogP contribution in [0.25, 0.3) is 0 Å². The molecule has 0 aromatic carbocycles. The summed E-state index contributed by atoms with van der Waals surface area (Å²) in [5.41, 5.74) is 0. The van der Waals surface area contributed by atoms with Gasteiger partial charge in [0, 0.05) is 33.0 Å². The van der Waals surface area contributed by atoms with Crippen LogP contribution in [-0.2, 0) is 9.59 Å². The summed E-state index contributed by atoms with van der Waals surface area (Å²) in [6, 6.07) is 0.447. The van der Waals surface area contributed by atoms with E-state index < -0.39 is 0 Å². The van der Waals surface area contributed by atoms with E-state index >= 15 is 0 Å². The van der Waals surface area contributed by atoms with Crippen molar-refractivity contribution in [2.75, 3.05) is 27.3 Å². The van der Waals surface area contributed by atoms with Crippen LogP contribution >= 0.6 is 0 Å². The molecule has 0 rings (SSSR count). The van der Waals surface area contributed by atoms with E-state index in [0.717, 1.165) is 13.0 Å². The average molecular weight is 285 g/mol. The largest absolute Gasteiger partial charge is 0.328 e. The fourth-order valence-corrected chi connectivity index (χ4v) is 1.80. The van der Waals surface area contributed by atoms with Gasteiger partial charge in [-0.05, 0) is 18.9 Å². The lowest BCUT2D eigenvalue weighted by molar-refractivity contribution is -0.137. The molecule has 0 aliphatic rings. The molecule has 0 saturated heterocycles. The maximum atomic E-state index is 11.9. The first-order chi connectivity index (χ1) is 9.23. The van der Waals surface area contributed by atoms with Gasteiger partial charge in [-0.1, -0.05) is 27.7 Å². The van der Waals surface area contributed by atoms with Crippen LogP contribution in [0.5, 0.6) is 0 Å². The SMILES string of the molecule is CC(C)CC(=O)N(C)CN(C)C(=O)CCCNC(C)C. The molecule has 0 radical (unpaired) electrons. The number of hydrogen-bond donors (Lipinski definition) is 1. The van der Waals surface area contributed by atoms with Crippen molar-refractivity contribution in [3.05, 3.63) is 0 Å². The molecular weight excluding hydrogens is 254 g/mol. The molecule has 20 heavy (non-hydrogen) atoms. The van der Waals surface area contributed by atoms with Crippen molar-refractivity contribution in [1.29, 1.82) is 0 Å². The summed E-state index contributed by atoms with van der Waals surface area (Å²) in [5, 5.41) is 3.29. The minimum atomic E-state index is 0.0831. The number of hydrogen-bond acceptors (Lipinski definition) is 3. The van der Waals surface area contributed by atoms with Crippen molar-refractivity contribution in [2.45, 2.75) is 53.0 Å². The Labute approximate surface area is 123 Å². The van der Waals surface area contributed by atoms with E-state index in [2.05, 4.69) is 19.2 Å². The van der Waals surface area contributed by atoms with Crippen molar-refractivity contribution < 1.29 is 9.59 Å². The lowest BCUT2D eigenvalue weighted by Crippen LogP contribution is -2.40. The van der Waals surface area contributed by atoms with Gasteiger partial charge < -0.3 is 15.1 Å². The Balaban J connectivity index is 3.97. The molecule has 0 heterocycles. The fourth-order valence-electron chi connectivity index (χ4n) is 1.80. The first kappa shape index (κ1) is 18.9. The second-order valence-corrected chi connectivity index (χ2v) is 6.14. The van der Waals surface area contributed by atoms with E-state index in [1.54, 1.807) is 23.9 Å². The van der Waals surface area contributed by atoms with E-state index in [-0.39, 0.29) is 11.8 Å². The van der Waals surface area contributed by atoms with Gasteiger partial charge in [0.2, 0.25) is 11.8 Å². The van der Waals surface area contributed by atoms with Gasteiger partial charge in [0.25, 0.3) is 0 Å². The normalized spacial score (nSPS) is 11.0. The minimum Gasteiger partial charge on any atom is -0.328 e. The van der Waals surface area contributed by atoms with Crippen LogP contribution in [0, 0.1) is 5.92 Å². The molecule has 0 saturated carbocycles. The predicted octanol–water partition coefficient (Wildman–Crippen LogP) is 1.68. The monoisotopic (exact) mass is 285 g/mol. The second kappa shape index (κ2) is 9.75. The van der Waals surface area contributed by atoms with Crippen LogP contribution in [0.3, 0.4) is 0 Å². The molecule has 5 heteroatoms. The van der Waals surface area contributed by atoms with Crippen molar-refractivity contribution in [1.82, 2.24) is 15.1 Å². The van der Waals surface area contributed by atoms with Gasteiger partial charge >= 0.3 is 0 Å². The van der Waals surface area contributed by atoms with Crippen molar-refractivity contribution in [2.24, 2.45) is 5.92 Å². The summed E-state index contributed by atoms with van der Waals surface area (Å²) in [6.45, 7) is 9.42. The number of carbonyl (C=O) groups is 2. The third-order valence-corrected chi connectivity index (χ3v) is 2.98. The molecule has 5 nitrogen and oxygen atoms in total. The Morgan fingerprint density at radius 2 is 1.55 bits per heavy atom. The van der Waals surface area contributed by atoms with Gasteiger partial charge in [-0.3, -0.25) is 9.59 Å². The molecule has 0 fully saturated rings. The average Bonchev–Trinajstić information content (AvgIpc) is 2.32. The number of rotatable bonds is 9. The molecule has 0 unspecified atom stereocenters. The van der Waals surface area contributed by atoms with E-state index in [0.29, 0.717) is 31.5 Å². The third-order valence-electron chi connectivity index (χ3n) is 2.98.